The Morgan fingerprint density at radius 2 is 2.11 bits per heavy atom. The Kier molecular flexibility index (Phi) is 4.08. The van der Waals surface area contributed by atoms with Crippen LogP contribution in [-0.2, 0) is 0 Å². The van der Waals surface area contributed by atoms with Crippen molar-refractivity contribution in [2.75, 3.05) is 13.1 Å². The monoisotopic (exact) mass is 126 g/mol. The highest BCUT2D eigenvalue weighted by molar-refractivity contribution is 4.77. The van der Waals surface area contributed by atoms with Gasteiger partial charge in [0.2, 0.25) is 0 Å². The maximum absolute atomic E-state index is 8.32. The molecule has 0 aliphatic heterocycles. The van der Waals surface area contributed by atoms with Crippen LogP contribution < -0.4 is 0 Å². The molecule has 0 amide bonds. The number of nitrogens with zero attached hydrogens (tertiary/aromatic N) is 2. The zero-order chi connectivity index (χ0) is 7.28. The van der Waals surface area contributed by atoms with Crippen LogP contribution in [0.25, 0.3) is 0 Å². The lowest BCUT2D eigenvalue weighted by Gasteiger charge is -2.20. The fraction of sp³-hybridized carbons (Fsp3) is 0.857. The number of rotatable bonds is 3. The van der Waals surface area contributed by atoms with Crippen LogP contribution in [0.2, 0.25) is 0 Å². The highest BCUT2D eigenvalue weighted by atomic mass is 15.1. The predicted molar refractivity (Wildman–Crippen MR) is 38.0 cm³/mol. The lowest BCUT2D eigenvalue weighted by molar-refractivity contribution is 0.262. The predicted octanol–water partition coefficient (Wildman–Crippen LogP) is 1.24. The maximum Gasteiger partial charge on any atom is 0.0868 e. The van der Waals surface area contributed by atoms with Gasteiger partial charge in [-0.2, -0.15) is 5.26 Å². The SMILES string of the molecule is CCN(CC#N)C(C)C. The third kappa shape index (κ3) is 3.10. The Balaban J connectivity index is 3.57. The average molecular weight is 126 g/mol. The van der Waals surface area contributed by atoms with Crippen molar-refractivity contribution < 1.29 is 0 Å². The van der Waals surface area contributed by atoms with Crippen LogP contribution in [0.3, 0.4) is 0 Å². The second-order valence-corrected chi connectivity index (χ2v) is 2.31. The highest BCUT2D eigenvalue weighted by Crippen LogP contribution is 1.94. The van der Waals surface area contributed by atoms with Crippen molar-refractivity contribution in [3.8, 4) is 6.07 Å². The van der Waals surface area contributed by atoms with E-state index in [9.17, 15) is 0 Å². The molecule has 9 heavy (non-hydrogen) atoms. The van der Waals surface area contributed by atoms with E-state index >= 15 is 0 Å². The smallest absolute Gasteiger partial charge is 0.0868 e. The first-order valence-electron chi connectivity index (χ1n) is 3.33. The molecule has 0 fully saturated rings. The van der Waals surface area contributed by atoms with Gasteiger partial charge in [0, 0.05) is 6.04 Å². The summed E-state index contributed by atoms with van der Waals surface area (Å²) < 4.78 is 0. The van der Waals surface area contributed by atoms with Gasteiger partial charge in [-0.1, -0.05) is 6.92 Å². The average Bonchev–Trinajstić information content (AvgIpc) is 1.82. The molecule has 0 N–H and O–H groups in total. The van der Waals surface area contributed by atoms with Crippen molar-refractivity contribution in [3.63, 3.8) is 0 Å². The zero-order valence-corrected chi connectivity index (χ0v) is 6.39. The number of hydrogen-bond acceptors (Lipinski definition) is 2. The molecule has 0 aromatic heterocycles. The topological polar surface area (TPSA) is 27.0 Å². The summed E-state index contributed by atoms with van der Waals surface area (Å²) in [5.41, 5.74) is 0. The first-order valence-corrected chi connectivity index (χ1v) is 3.33. The zero-order valence-electron chi connectivity index (χ0n) is 6.39. The number of nitriles is 1. The van der Waals surface area contributed by atoms with Gasteiger partial charge in [0.25, 0.3) is 0 Å². The molecular formula is C7H14N2. The standard InChI is InChI=1S/C7H14N2/c1-4-9(6-5-8)7(2)3/h7H,4,6H2,1-3H3. The van der Waals surface area contributed by atoms with E-state index in [1.54, 1.807) is 0 Å². The van der Waals surface area contributed by atoms with Crippen molar-refractivity contribution in [1.82, 2.24) is 4.90 Å². The fourth-order valence-corrected chi connectivity index (χ4v) is 0.750. The van der Waals surface area contributed by atoms with Gasteiger partial charge in [-0.25, -0.2) is 0 Å². The Morgan fingerprint density at radius 3 is 2.22 bits per heavy atom. The van der Waals surface area contributed by atoms with Crippen molar-refractivity contribution in [2.24, 2.45) is 0 Å². The molecule has 0 spiro atoms. The van der Waals surface area contributed by atoms with E-state index in [0.717, 1.165) is 6.54 Å². The van der Waals surface area contributed by atoms with E-state index in [-0.39, 0.29) is 0 Å². The minimum Gasteiger partial charge on any atom is -0.288 e. The molecule has 52 valence electrons. The Bertz CT molecular complexity index is 102. The van der Waals surface area contributed by atoms with Crippen LogP contribution in [0.4, 0.5) is 0 Å². The third-order valence-corrected chi connectivity index (χ3v) is 1.41. The molecule has 2 nitrogen and oxygen atoms in total. The minimum absolute atomic E-state index is 0.495. The lowest BCUT2D eigenvalue weighted by atomic mass is 10.3. The molecule has 0 heterocycles. The largest absolute Gasteiger partial charge is 0.288 e. The third-order valence-electron chi connectivity index (χ3n) is 1.41. The molecule has 0 atom stereocenters. The summed E-state index contributed by atoms with van der Waals surface area (Å²) in [6.45, 7) is 7.78. The molecule has 0 aliphatic carbocycles. The van der Waals surface area contributed by atoms with E-state index in [1.165, 1.54) is 0 Å². The fourth-order valence-electron chi connectivity index (χ4n) is 0.750. The summed E-state index contributed by atoms with van der Waals surface area (Å²) in [7, 11) is 0. The molecule has 0 aromatic rings. The summed E-state index contributed by atoms with van der Waals surface area (Å²) in [6, 6.07) is 2.62. The van der Waals surface area contributed by atoms with Crippen LogP contribution in [0.15, 0.2) is 0 Å². The van der Waals surface area contributed by atoms with Gasteiger partial charge in [0.15, 0.2) is 0 Å². The first-order chi connectivity index (χ1) is 4.22. The molecule has 0 unspecified atom stereocenters. The van der Waals surface area contributed by atoms with Crippen LogP contribution in [-0.4, -0.2) is 24.0 Å². The van der Waals surface area contributed by atoms with Gasteiger partial charge < -0.3 is 0 Å². The molecule has 2 heteroatoms. The molecule has 0 rings (SSSR count). The van der Waals surface area contributed by atoms with Crippen LogP contribution in [0.5, 0.6) is 0 Å². The van der Waals surface area contributed by atoms with Crippen molar-refractivity contribution >= 4 is 0 Å². The quantitative estimate of drug-likeness (QED) is 0.532. The highest BCUT2D eigenvalue weighted by Gasteiger charge is 2.03. The van der Waals surface area contributed by atoms with Gasteiger partial charge in [-0.15, -0.1) is 0 Å². The molecule has 0 bridgehead atoms. The van der Waals surface area contributed by atoms with Gasteiger partial charge >= 0.3 is 0 Å². The maximum atomic E-state index is 8.32. The normalized spacial score (nSPS) is 10.2. The van der Waals surface area contributed by atoms with Gasteiger partial charge in [-0.05, 0) is 20.4 Å². The van der Waals surface area contributed by atoms with Gasteiger partial charge in [0.05, 0.1) is 12.6 Å². The molecular weight excluding hydrogens is 112 g/mol. The molecule has 0 saturated carbocycles. The van der Waals surface area contributed by atoms with Crippen molar-refractivity contribution in [3.05, 3.63) is 0 Å². The molecule has 0 saturated heterocycles. The Morgan fingerprint density at radius 1 is 1.56 bits per heavy atom. The van der Waals surface area contributed by atoms with Crippen LogP contribution in [0.1, 0.15) is 20.8 Å². The van der Waals surface area contributed by atoms with E-state index < -0.39 is 0 Å². The van der Waals surface area contributed by atoms with Crippen molar-refractivity contribution in [2.45, 2.75) is 26.8 Å². The lowest BCUT2D eigenvalue weighted by Crippen LogP contribution is -2.30. The Hall–Kier alpha value is -0.550. The van der Waals surface area contributed by atoms with Gasteiger partial charge in [0.1, 0.15) is 0 Å². The molecule has 0 aromatic carbocycles. The number of hydrogen-bond donors (Lipinski definition) is 0. The van der Waals surface area contributed by atoms with E-state index in [1.807, 2.05) is 0 Å². The Labute approximate surface area is 57.1 Å². The van der Waals surface area contributed by atoms with Crippen LogP contribution in [0, 0.1) is 11.3 Å². The van der Waals surface area contributed by atoms with Crippen LogP contribution >= 0.6 is 0 Å². The molecule has 0 radical (unpaired) electrons. The first kappa shape index (κ1) is 8.45. The minimum atomic E-state index is 0.495. The second kappa shape index (κ2) is 4.34. The van der Waals surface area contributed by atoms with Gasteiger partial charge in [-0.3, -0.25) is 4.90 Å². The summed E-state index contributed by atoms with van der Waals surface area (Å²) >= 11 is 0. The summed E-state index contributed by atoms with van der Waals surface area (Å²) in [4.78, 5) is 2.11. The van der Waals surface area contributed by atoms with E-state index in [2.05, 4.69) is 31.7 Å². The second-order valence-electron chi connectivity index (χ2n) is 2.31. The van der Waals surface area contributed by atoms with Crippen molar-refractivity contribution in [1.29, 1.82) is 5.26 Å². The summed E-state index contributed by atoms with van der Waals surface area (Å²) in [5, 5.41) is 8.32. The van der Waals surface area contributed by atoms with E-state index in [0.29, 0.717) is 12.6 Å². The molecule has 0 aliphatic rings. The van der Waals surface area contributed by atoms with E-state index in [4.69, 9.17) is 5.26 Å². The summed E-state index contributed by atoms with van der Waals surface area (Å²) in [6.07, 6.45) is 0. The summed E-state index contributed by atoms with van der Waals surface area (Å²) in [5.74, 6) is 0.